The van der Waals surface area contributed by atoms with Crippen molar-refractivity contribution in [2.75, 3.05) is 26.7 Å². The number of amides is 1. The number of hydrogen-bond donors (Lipinski definition) is 0. The molecule has 130 valence electrons. The van der Waals surface area contributed by atoms with Gasteiger partial charge in [-0.05, 0) is 38.4 Å². The summed E-state index contributed by atoms with van der Waals surface area (Å²) < 4.78 is 5.60. The second kappa shape index (κ2) is 7.49. The Hall–Kier alpha value is -1.66. The molecular formula is C18H25N3O2S. The fourth-order valence-corrected chi connectivity index (χ4v) is 4.09. The van der Waals surface area contributed by atoms with Crippen molar-refractivity contribution >= 4 is 17.2 Å². The van der Waals surface area contributed by atoms with Gasteiger partial charge in [0.15, 0.2) is 5.76 Å². The highest BCUT2D eigenvalue weighted by atomic mass is 32.1. The molecule has 3 heterocycles. The standard InChI is InChI=1S/C18H25N3O2S/c1-4-15-5-6-16(23-15)18(22)21-8-7-14(10-21)9-20(3)11-17-13(2)19-12-24-17/h5-6,12,14H,4,7-11H2,1-3H3. The van der Waals surface area contributed by atoms with E-state index in [1.165, 1.54) is 4.88 Å². The highest BCUT2D eigenvalue weighted by Crippen LogP contribution is 2.22. The summed E-state index contributed by atoms with van der Waals surface area (Å²) in [5, 5.41) is 0. The van der Waals surface area contributed by atoms with Gasteiger partial charge in [-0.3, -0.25) is 4.79 Å². The summed E-state index contributed by atoms with van der Waals surface area (Å²) >= 11 is 1.71. The van der Waals surface area contributed by atoms with E-state index in [1.54, 1.807) is 17.4 Å². The van der Waals surface area contributed by atoms with Crippen LogP contribution >= 0.6 is 11.3 Å². The average Bonchev–Trinajstić information content (AvgIpc) is 3.29. The Bertz CT molecular complexity index is 694. The Morgan fingerprint density at radius 2 is 2.33 bits per heavy atom. The molecule has 2 aromatic heterocycles. The molecule has 6 heteroatoms. The lowest BCUT2D eigenvalue weighted by molar-refractivity contribution is 0.0751. The second-order valence-electron chi connectivity index (χ2n) is 6.58. The maximum absolute atomic E-state index is 12.5. The average molecular weight is 347 g/mol. The van der Waals surface area contributed by atoms with Crippen molar-refractivity contribution in [3.63, 3.8) is 0 Å². The van der Waals surface area contributed by atoms with Gasteiger partial charge in [0.25, 0.3) is 5.91 Å². The van der Waals surface area contributed by atoms with Crippen molar-refractivity contribution in [2.45, 2.75) is 33.2 Å². The number of nitrogens with zero attached hydrogens (tertiary/aromatic N) is 3. The number of thiazole rings is 1. The molecule has 24 heavy (non-hydrogen) atoms. The molecule has 0 bridgehead atoms. The molecule has 0 radical (unpaired) electrons. The molecule has 5 nitrogen and oxygen atoms in total. The zero-order valence-corrected chi connectivity index (χ0v) is 15.4. The number of carbonyl (C=O) groups is 1. The third-order valence-corrected chi connectivity index (χ3v) is 5.54. The lowest BCUT2D eigenvalue weighted by Gasteiger charge is -2.21. The lowest BCUT2D eigenvalue weighted by atomic mass is 10.1. The molecule has 1 saturated heterocycles. The Kier molecular flexibility index (Phi) is 5.36. The molecule has 0 N–H and O–H groups in total. The van der Waals surface area contributed by atoms with E-state index in [0.29, 0.717) is 11.7 Å². The van der Waals surface area contributed by atoms with Crippen LogP contribution in [0.4, 0.5) is 0 Å². The van der Waals surface area contributed by atoms with Crippen LogP contribution in [0.2, 0.25) is 0 Å². The van der Waals surface area contributed by atoms with Crippen LogP contribution in [0, 0.1) is 12.8 Å². The fourth-order valence-electron chi connectivity index (χ4n) is 3.23. The summed E-state index contributed by atoms with van der Waals surface area (Å²) in [6.07, 6.45) is 1.87. The summed E-state index contributed by atoms with van der Waals surface area (Å²) in [5.41, 5.74) is 3.03. The minimum Gasteiger partial charge on any atom is -0.456 e. The van der Waals surface area contributed by atoms with Gasteiger partial charge in [-0.25, -0.2) is 4.98 Å². The van der Waals surface area contributed by atoms with Gasteiger partial charge in [0.1, 0.15) is 5.76 Å². The van der Waals surface area contributed by atoms with E-state index in [1.807, 2.05) is 23.4 Å². The van der Waals surface area contributed by atoms with Gasteiger partial charge in [-0.1, -0.05) is 6.92 Å². The van der Waals surface area contributed by atoms with Gasteiger partial charge in [0.05, 0.1) is 11.2 Å². The van der Waals surface area contributed by atoms with Crippen molar-refractivity contribution < 1.29 is 9.21 Å². The maximum Gasteiger partial charge on any atom is 0.289 e. The second-order valence-corrected chi connectivity index (χ2v) is 7.52. The van der Waals surface area contributed by atoms with Gasteiger partial charge < -0.3 is 14.2 Å². The quantitative estimate of drug-likeness (QED) is 0.805. The topological polar surface area (TPSA) is 49.6 Å². The molecule has 0 aromatic carbocycles. The summed E-state index contributed by atoms with van der Waals surface area (Å²) in [5.74, 6) is 1.89. The van der Waals surface area contributed by atoms with E-state index in [0.717, 1.165) is 50.5 Å². The minimum absolute atomic E-state index is 0.0261. The summed E-state index contributed by atoms with van der Waals surface area (Å²) in [4.78, 5) is 22.4. The lowest BCUT2D eigenvalue weighted by Crippen LogP contribution is -2.31. The van der Waals surface area contributed by atoms with Crippen LogP contribution in [0.3, 0.4) is 0 Å². The molecule has 2 aromatic rings. The summed E-state index contributed by atoms with van der Waals surface area (Å²) in [7, 11) is 2.14. The van der Waals surface area contributed by atoms with Crippen molar-refractivity contribution in [1.82, 2.24) is 14.8 Å². The first kappa shape index (κ1) is 17.2. The van der Waals surface area contributed by atoms with Gasteiger partial charge in [0.2, 0.25) is 0 Å². The Morgan fingerprint density at radius 1 is 1.50 bits per heavy atom. The summed E-state index contributed by atoms with van der Waals surface area (Å²) in [6.45, 7) is 7.65. The SMILES string of the molecule is CCc1ccc(C(=O)N2CCC(CN(C)Cc3scnc3C)C2)o1. The number of furan rings is 1. The first-order valence-corrected chi connectivity index (χ1v) is 9.40. The van der Waals surface area contributed by atoms with Gasteiger partial charge in [-0.15, -0.1) is 11.3 Å². The molecular weight excluding hydrogens is 322 g/mol. The predicted octanol–water partition coefficient (Wildman–Crippen LogP) is 3.20. The maximum atomic E-state index is 12.5. The summed E-state index contributed by atoms with van der Waals surface area (Å²) in [6, 6.07) is 3.69. The number of hydrogen-bond acceptors (Lipinski definition) is 5. The zero-order valence-electron chi connectivity index (χ0n) is 14.6. The molecule has 3 rings (SSSR count). The van der Waals surface area contributed by atoms with Crippen LogP contribution in [-0.2, 0) is 13.0 Å². The number of aromatic nitrogens is 1. The molecule has 1 aliphatic heterocycles. The first-order valence-electron chi connectivity index (χ1n) is 8.52. The predicted molar refractivity (Wildman–Crippen MR) is 95.3 cm³/mol. The van der Waals surface area contributed by atoms with Crippen LogP contribution in [0.5, 0.6) is 0 Å². The number of rotatable bonds is 6. The molecule has 1 fully saturated rings. The van der Waals surface area contributed by atoms with Gasteiger partial charge >= 0.3 is 0 Å². The van der Waals surface area contributed by atoms with Crippen molar-refractivity contribution in [3.8, 4) is 0 Å². The molecule has 1 amide bonds. The Balaban J connectivity index is 1.51. The molecule has 0 saturated carbocycles. The number of aryl methyl sites for hydroxylation is 2. The molecule has 1 atom stereocenters. The fraction of sp³-hybridized carbons (Fsp3) is 0.556. The van der Waals surface area contributed by atoms with Gasteiger partial charge in [0, 0.05) is 37.5 Å². The van der Waals surface area contributed by atoms with Crippen molar-refractivity contribution in [2.24, 2.45) is 5.92 Å². The largest absolute Gasteiger partial charge is 0.456 e. The van der Waals surface area contributed by atoms with Crippen LogP contribution < -0.4 is 0 Å². The van der Waals surface area contributed by atoms with Crippen molar-refractivity contribution in [3.05, 3.63) is 39.7 Å². The van der Waals surface area contributed by atoms with Crippen LogP contribution in [0.25, 0.3) is 0 Å². The van der Waals surface area contributed by atoms with Crippen LogP contribution in [0.1, 0.15) is 40.2 Å². The van der Waals surface area contributed by atoms with Crippen LogP contribution in [-0.4, -0.2) is 47.4 Å². The minimum atomic E-state index is 0.0261. The highest BCUT2D eigenvalue weighted by molar-refractivity contribution is 7.09. The first-order chi connectivity index (χ1) is 11.6. The molecule has 1 aliphatic rings. The number of carbonyl (C=O) groups excluding carboxylic acids is 1. The van der Waals surface area contributed by atoms with Gasteiger partial charge in [-0.2, -0.15) is 0 Å². The van der Waals surface area contributed by atoms with E-state index in [9.17, 15) is 4.79 Å². The van der Waals surface area contributed by atoms with E-state index in [2.05, 4.69) is 23.9 Å². The molecule has 0 spiro atoms. The third-order valence-electron chi connectivity index (χ3n) is 4.62. The van der Waals surface area contributed by atoms with Crippen LogP contribution in [0.15, 0.2) is 22.1 Å². The van der Waals surface area contributed by atoms with E-state index < -0.39 is 0 Å². The third kappa shape index (κ3) is 3.87. The molecule has 1 unspecified atom stereocenters. The highest BCUT2D eigenvalue weighted by Gasteiger charge is 2.29. The zero-order chi connectivity index (χ0) is 17.1. The van der Waals surface area contributed by atoms with E-state index in [-0.39, 0.29) is 5.91 Å². The normalized spacial score (nSPS) is 17.8. The monoisotopic (exact) mass is 347 g/mol. The molecule has 0 aliphatic carbocycles. The van der Waals surface area contributed by atoms with E-state index >= 15 is 0 Å². The van der Waals surface area contributed by atoms with Crippen molar-refractivity contribution in [1.29, 1.82) is 0 Å². The number of likely N-dealkylation sites (tertiary alicyclic amines) is 1. The Labute approximate surface area is 147 Å². The smallest absolute Gasteiger partial charge is 0.289 e. The Morgan fingerprint density at radius 3 is 3.00 bits per heavy atom. The van der Waals surface area contributed by atoms with E-state index in [4.69, 9.17) is 4.42 Å².